The molecule has 2 N–H and O–H groups in total. The minimum Gasteiger partial charge on any atom is -0.399 e. The Morgan fingerprint density at radius 1 is 1.14 bits per heavy atom. The van der Waals surface area contributed by atoms with Crippen molar-refractivity contribution >= 4 is 29.0 Å². The van der Waals surface area contributed by atoms with E-state index in [2.05, 4.69) is 25.1 Å². The van der Waals surface area contributed by atoms with Crippen LogP contribution in [-0.4, -0.2) is 11.7 Å². The molecule has 1 unspecified atom stereocenters. The van der Waals surface area contributed by atoms with Crippen molar-refractivity contribution in [2.45, 2.75) is 19.2 Å². The van der Waals surface area contributed by atoms with Crippen molar-refractivity contribution in [1.29, 1.82) is 0 Å². The first-order valence-electron chi connectivity index (χ1n) is 6.92. The Kier molecular flexibility index (Phi) is 3.64. The number of hydrogen-bond donors (Lipinski definition) is 1. The topological polar surface area (TPSA) is 46.3 Å². The second kappa shape index (κ2) is 5.45. The summed E-state index contributed by atoms with van der Waals surface area (Å²) < 4.78 is 0. The molecule has 21 heavy (non-hydrogen) atoms. The van der Waals surface area contributed by atoms with Gasteiger partial charge in [-0.25, -0.2) is 0 Å². The van der Waals surface area contributed by atoms with E-state index < -0.39 is 0 Å². The Bertz CT molecular complexity index is 682. The van der Waals surface area contributed by atoms with Crippen LogP contribution in [0.2, 0.25) is 0 Å². The lowest BCUT2D eigenvalue weighted by atomic mass is 10.1. The largest absolute Gasteiger partial charge is 0.399 e. The minimum absolute atomic E-state index is 0.0265. The summed E-state index contributed by atoms with van der Waals surface area (Å²) in [4.78, 5) is 14.3. The zero-order valence-electron chi connectivity index (χ0n) is 12.2. The number of rotatable bonds is 2. The molecule has 3 nitrogen and oxygen atoms in total. The number of nitrogens with two attached hydrogens (primary N) is 1. The van der Waals surface area contributed by atoms with E-state index in [0.29, 0.717) is 5.75 Å². The fraction of sp³-hybridized carbons (Fsp3) is 0.235. The molecule has 1 atom stereocenters. The molecule has 4 heteroatoms. The highest BCUT2D eigenvalue weighted by Gasteiger charge is 2.34. The van der Waals surface area contributed by atoms with Gasteiger partial charge in [-0.1, -0.05) is 24.3 Å². The van der Waals surface area contributed by atoms with E-state index in [1.807, 2.05) is 36.1 Å². The Morgan fingerprint density at radius 2 is 1.86 bits per heavy atom. The second-order valence-corrected chi connectivity index (χ2v) is 6.45. The molecule has 0 radical (unpaired) electrons. The van der Waals surface area contributed by atoms with E-state index >= 15 is 0 Å². The number of nitrogens with zero attached hydrogens (tertiary/aromatic N) is 1. The Morgan fingerprint density at radius 3 is 2.57 bits per heavy atom. The van der Waals surface area contributed by atoms with Gasteiger partial charge >= 0.3 is 0 Å². The smallest absolute Gasteiger partial charge is 0.238 e. The Balaban J connectivity index is 2.03. The van der Waals surface area contributed by atoms with Crippen molar-refractivity contribution in [3.63, 3.8) is 0 Å². The number of nitrogen functional groups attached to an aromatic ring is 1. The fourth-order valence-electron chi connectivity index (χ4n) is 2.57. The number of carbonyl (C=O) groups is 1. The molecule has 0 aliphatic carbocycles. The van der Waals surface area contributed by atoms with Crippen molar-refractivity contribution in [3.05, 3.63) is 59.2 Å². The van der Waals surface area contributed by atoms with Crippen LogP contribution in [0.4, 0.5) is 11.4 Å². The number of benzene rings is 2. The molecule has 1 aliphatic heterocycles. The summed E-state index contributed by atoms with van der Waals surface area (Å²) >= 11 is 1.66. The van der Waals surface area contributed by atoms with Crippen LogP contribution >= 0.6 is 11.8 Å². The summed E-state index contributed by atoms with van der Waals surface area (Å²) in [6.07, 6.45) is 0. The van der Waals surface area contributed by atoms with Crippen LogP contribution in [0.5, 0.6) is 0 Å². The Hall–Kier alpha value is -1.94. The summed E-state index contributed by atoms with van der Waals surface area (Å²) in [5.41, 5.74) is 10.9. The molecule has 1 fully saturated rings. The van der Waals surface area contributed by atoms with Crippen LogP contribution in [0.3, 0.4) is 0 Å². The van der Waals surface area contributed by atoms with Crippen molar-refractivity contribution in [3.8, 4) is 0 Å². The molecule has 0 bridgehead atoms. The van der Waals surface area contributed by atoms with Crippen LogP contribution in [0, 0.1) is 13.8 Å². The maximum absolute atomic E-state index is 12.4. The number of amides is 1. The monoisotopic (exact) mass is 298 g/mol. The third kappa shape index (κ3) is 2.63. The van der Waals surface area contributed by atoms with Crippen LogP contribution in [0.15, 0.2) is 42.5 Å². The SMILES string of the molecule is Cc1ccc(C)c(N2C(=O)CSC2c2ccc(N)cc2)c1. The van der Waals surface area contributed by atoms with Crippen LogP contribution < -0.4 is 10.6 Å². The van der Waals surface area contributed by atoms with Gasteiger partial charge in [0.15, 0.2) is 0 Å². The lowest BCUT2D eigenvalue weighted by Gasteiger charge is -2.26. The van der Waals surface area contributed by atoms with Gasteiger partial charge in [0, 0.05) is 11.4 Å². The molecule has 1 saturated heterocycles. The van der Waals surface area contributed by atoms with E-state index in [1.165, 1.54) is 0 Å². The summed E-state index contributed by atoms with van der Waals surface area (Å²) in [6.45, 7) is 4.10. The standard InChI is InChI=1S/C17H18N2OS/c1-11-3-4-12(2)15(9-11)19-16(20)10-21-17(19)13-5-7-14(18)8-6-13/h3-9,17H,10,18H2,1-2H3. The second-order valence-electron chi connectivity index (χ2n) is 5.38. The molecular weight excluding hydrogens is 280 g/mol. The number of aryl methyl sites for hydroxylation is 2. The van der Waals surface area contributed by atoms with Gasteiger partial charge in [-0.3, -0.25) is 9.69 Å². The average Bonchev–Trinajstić information content (AvgIpc) is 2.84. The molecule has 2 aromatic carbocycles. The summed E-state index contributed by atoms with van der Waals surface area (Å²) in [5.74, 6) is 0.679. The Labute approximate surface area is 129 Å². The predicted octanol–water partition coefficient (Wildman–Crippen LogP) is 3.66. The summed E-state index contributed by atoms with van der Waals surface area (Å²) in [6, 6.07) is 14.0. The van der Waals surface area contributed by atoms with Gasteiger partial charge < -0.3 is 5.73 Å². The molecule has 3 rings (SSSR count). The van der Waals surface area contributed by atoms with Crippen LogP contribution in [-0.2, 0) is 4.79 Å². The summed E-state index contributed by atoms with van der Waals surface area (Å²) in [5, 5.41) is 0.0265. The number of thioether (sulfide) groups is 1. The molecule has 0 aromatic heterocycles. The van der Waals surface area contributed by atoms with E-state index in [9.17, 15) is 4.79 Å². The number of anilines is 2. The van der Waals surface area contributed by atoms with Gasteiger partial charge in [0.05, 0.1) is 5.75 Å². The maximum atomic E-state index is 12.4. The number of carbonyl (C=O) groups excluding carboxylic acids is 1. The van der Waals surface area contributed by atoms with E-state index in [-0.39, 0.29) is 11.3 Å². The molecule has 1 heterocycles. The highest BCUT2D eigenvalue weighted by molar-refractivity contribution is 8.00. The van der Waals surface area contributed by atoms with Gasteiger partial charge in [-0.2, -0.15) is 0 Å². The molecular formula is C17H18N2OS. The predicted molar refractivity (Wildman–Crippen MR) is 89.5 cm³/mol. The van der Waals surface area contributed by atoms with E-state index in [4.69, 9.17) is 5.73 Å². The average molecular weight is 298 g/mol. The van der Waals surface area contributed by atoms with Gasteiger partial charge in [0.2, 0.25) is 5.91 Å². The van der Waals surface area contributed by atoms with E-state index in [0.717, 1.165) is 28.1 Å². The van der Waals surface area contributed by atoms with Gasteiger partial charge in [-0.05, 0) is 48.7 Å². The molecule has 2 aromatic rings. The first kappa shape index (κ1) is 14.0. The lowest BCUT2D eigenvalue weighted by Crippen LogP contribution is -2.28. The van der Waals surface area contributed by atoms with Crippen LogP contribution in [0.1, 0.15) is 22.1 Å². The fourth-order valence-corrected chi connectivity index (χ4v) is 3.74. The third-order valence-electron chi connectivity index (χ3n) is 3.71. The van der Waals surface area contributed by atoms with Crippen molar-refractivity contribution in [1.82, 2.24) is 0 Å². The van der Waals surface area contributed by atoms with Gasteiger partial charge in [-0.15, -0.1) is 11.8 Å². The lowest BCUT2D eigenvalue weighted by molar-refractivity contribution is -0.115. The van der Waals surface area contributed by atoms with Gasteiger partial charge in [0.25, 0.3) is 0 Å². The van der Waals surface area contributed by atoms with Gasteiger partial charge in [0.1, 0.15) is 5.37 Å². The third-order valence-corrected chi connectivity index (χ3v) is 4.93. The summed E-state index contributed by atoms with van der Waals surface area (Å²) in [7, 11) is 0. The number of hydrogen-bond acceptors (Lipinski definition) is 3. The normalized spacial score (nSPS) is 18.3. The molecule has 0 spiro atoms. The zero-order valence-corrected chi connectivity index (χ0v) is 13.0. The van der Waals surface area contributed by atoms with Crippen molar-refractivity contribution in [2.24, 2.45) is 0 Å². The minimum atomic E-state index is 0.0265. The molecule has 1 amide bonds. The van der Waals surface area contributed by atoms with E-state index in [1.54, 1.807) is 11.8 Å². The first-order chi connectivity index (χ1) is 10.1. The first-order valence-corrected chi connectivity index (χ1v) is 7.97. The molecule has 1 aliphatic rings. The highest BCUT2D eigenvalue weighted by atomic mass is 32.2. The molecule has 0 saturated carbocycles. The zero-order chi connectivity index (χ0) is 15.0. The quantitative estimate of drug-likeness (QED) is 0.861. The molecule has 108 valence electrons. The van der Waals surface area contributed by atoms with Crippen molar-refractivity contribution < 1.29 is 4.79 Å². The highest BCUT2D eigenvalue weighted by Crippen LogP contribution is 2.43. The van der Waals surface area contributed by atoms with Crippen molar-refractivity contribution in [2.75, 3.05) is 16.4 Å². The maximum Gasteiger partial charge on any atom is 0.238 e. The van der Waals surface area contributed by atoms with Crippen LogP contribution in [0.25, 0.3) is 0 Å².